The molecule has 0 saturated carbocycles. The van der Waals surface area contributed by atoms with Crippen molar-refractivity contribution in [2.24, 2.45) is 5.92 Å². The lowest BCUT2D eigenvalue weighted by Crippen LogP contribution is -2.39. The molecule has 0 atom stereocenters. The first-order valence-electron chi connectivity index (χ1n) is 8.13. The molecular weight excluding hydrogens is 363 g/mol. The third kappa shape index (κ3) is 3.24. The van der Waals surface area contributed by atoms with E-state index in [0.29, 0.717) is 34.7 Å². The Morgan fingerprint density at radius 1 is 1.32 bits per heavy atom. The van der Waals surface area contributed by atoms with Gasteiger partial charge in [0.05, 0.1) is 5.02 Å². The van der Waals surface area contributed by atoms with Gasteiger partial charge >= 0.3 is 0 Å². The van der Waals surface area contributed by atoms with E-state index < -0.39 is 0 Å². The summed E-state index contributed by atoms with van der Waals surface area (Å²) in [7, 11) is 0. The van der Waals surface area contributed by atoms with Gasteiger partial charge in [0, 0.05) is 35.4 Å². The van der Waals surface area contributed by atoms with Gasteiger partial charge < -0.3 is 14.4 Å². The molecule has 130 valence electrons. The van der Waals surface area contributed by atoms with Crippen molar-refractivity contribution in [3.63, 3.8) is 0 Å². The summed E-state index contributed by atoms with van der Waals surface area (Å²) < 4.78 is 4.77. The summed E-state index contributed by atoms with van der Waals surface area (Å²) in [4.78, 5) is 21.9. The monoisotopic (exact) mass is 378 g/mol. The molecule has 6 nitrogen and oxygen atoms in total. The number of halogens is 2. The number of likely N-dealkylation sites (tertiary alicyclic amines) is 1. The molecule has 8 heteroatoms. The number of aromatic amines is 1. The quantitative estimate of drug-likeness (QED) is 0.748. The lowest BCUT2D eigenvalue weighted by atomic mass is 9.93. The van der Waals surface area contributed by atoms with Gasteiger partial charge in [0.15, 0.2) is 5.82 Å². The molecule has 3 aromatic rings. The van der Waals surface area contributed by atoms with Crippen molar-refractivity contribution < 1.29 is 9.32 Å². The molecule has 3 heterocycles. The molecule has 0 radical (unpaired) electrons. The molecule has 0 unspecified atom stereocenters. The molecular formula is C17H16Cl2N4O2. The van der Waals surface area contributed by atoms with E-state index in [1.165, 1.54) is 6.39 Å². The predicted molar refractivity (Wildman–Crippen MR) is 94.9 cm³/mol. The third-order valence-electron chi connectivity index (χ3n) is 4.69. The number of nitrogens with one attached hydrogen (secondary N) is 1. The van der Waals surface area contributed by atoms with Gasteiger partial charge in [0.2, 0.25) is 6.39 Å². The highest BCUT2D eigenvalue weighted by Crippen LogP contribution is 2.31. The minimum absolute atomic E-state index is 0.0738. The molecule has 1 fully saturated rings. The Bertz CT molecular complexity index is 899. The van der Waals surface area contributed by atoms with Gasteiger partial charge in [-0.25, -0.2) is 0 Å². The summed E-state index contributed by atoms with van der Waals surface area (Å²) in [5.74, 6) is 1.11. The Morgan fingerprint density at radius 2 is 2.12 bits per heavy atom. The van der Waals surface area contributed by atoms with E-state index in [0.717, 1.165) is 36.0 Å². The number of aromatic nitrogens is 3. The molecule has 2 aromatic heterocycles. The van der Waals surface area contributed by atoms with Gasteiger partial charge in [0.25, 0.3) is 5.91 Å². The topological polar surface area (TPSA) is 75.0 Å². The zero-order valence-electron chi connectivity index (χ0n) is 13.3. The fraction of sp³-hybridized carbons (Fsp3) is 0.353. The SMILES string of the molecule is O=C(c1[nH]c2ccc(Cl)cc2c1Cl)N1CCC(Cc2ncon2)CC1. The fourth-order valence-corrected chi connectivity index (χ4v) is 3.77. The minimum atomic E-state index is -0.0738. The summed E-state index contributed by atoms with van der Waals surface area (Å²) in [6.07, 6.45) is 3.94. The van der Waals surface area contributed by atoms with Gasteiger partial charge in [-0.2, -0.15) is 4.98 Å². The van der Waals surface area contributed by atoms with Gasteiger partial charge in [-0.15, -0.1) is 0 Å². The van der Waals surface area contributed by atoms with Crippen LogP contribution in [0.25, 0.3) is 10.9 Å². The Kier molecular flexibility index (Phi) is 4.39. The summed E-state index contributed by atoms with van der Waals surface area (Å²) in [6, 6.07) is 5.37. The number of carbonyl (C=O) groups excluding carboxylic acids is 1. The highest BCUT2D eigenvalue weighted by Gasteiger charge is 2.27. The Labute approximate surface area is 154 Å². The van der Waals surface area contributed by atoms with E-state index >= 15 is 0 Å². The van der Waals surface area contributed by atoms with E-state index in [-0.39, 0.29) is 5.91 Å². The van der Waals surface area contributed by atoms with Crippen LogP contribution in [0.1, 0.15) is 29.2 Å². The van der Waals surface area contributed by atoms with Crippen LogP contribution in [0.4, 0.5) is 0 Å². The molecule has 0 aliphatic carbocycles. The number of nitrogens with zero attached hydrogens (tertiary/aromatic N) is 3. The molecule has 25 heavy (non-hydrogen) atoms. The molecule has 1 aliphatic heterocycles. The first-order chi connectivity index (χ1) is 12.1. The first kappa shape index (κ1) is 16.4. The number of hydrogen-bond acceptors (Lipinski definition) is 4. The van der Waals surface area contributed by atoms with Gasteiger partial charge in [-0.05, 0) is 37.0 Å². The van der Waals surface area contributed by atoms with Crippen molar-refractivity contribution in [2.75, 3.05) is 13.1 Å². The van der Waals surface area contributed by atoms with Crippen LogP contribution in [-0.2, 0) is 6.42 Å². The lowest BCUT2D eigenvalue weighted by Gasteiger charge is -2.31. The number of hydrogen-bond donors (Lipinski definition) is 1. The molecule has 1 saturated heterocycles. The predicted octanol–water partition coefficient (Wildman–Crippen LogP) is 3.95. The van der Waals surface area contributed by atoms with Crippen molar-refractivity contribution in [1.82, 2.24) is 20.0 Å². The zero-order chi connectivity index (χ0) is 17.4. The fourth-order valence-electron chi connectivity index (χ4n) is 3.32. The van der Waals surface area contributed by atoms with Crippen LogP contribution >= 0.6 is 23.2 Å². The number of rotatable bonds is 3. The smallest absolute Gasteiger partial charge is 0.271 e. The molecule has 1 aliphatic rings. The van der Waals surface area contributed by atoms with Crippen molar-refractivity contribution in [1.29, 1.82) is 0 Å². The lowest BCUT2D eigenvalue weighted by molar-refractivity contribution is 0.0685. The summed E-state index contributed by atoms with van der Waals surface area (Å²) >= 11 is 12.4. The van der Waals surface area contributed by atoms with Crippen LogP contribution in [0.5, 0.6) is 0 Å². The average Bonchev–Trinajstić information content (AvgIpc) is 3.23. The van der Waals surface area contributed by atoms with Crippen LogP contribution in [-0.4, -0.2) is 39.0 Å². The number of carbonyl (C=O) groups is 1. The number of amides is 1. The van der Waals surface area contributed by atoms with Crippen LogP contribution in [0.2, 0.25) is 10.0 Å². The normalized spacial score (nSPS) is 15.8. The van der Waals surface area contributed by atoms with E-state index in [1.54, 1.807) is 12.1 Å². The van der Waals surface area contributed by atoms with Gasteiger partial charge in [-0.3, -0.25) is 4.79 Å². The molecule has 1 N–H and O–H groups in total. The van der Waals surface area contributed by atoms with E-state index in [9.17, 15) is 4.79 Å². The second-order valence-electron chi connectivity index (χ2n) is 6.29. The minimum Gasteiger partial charge on any atom is -0.349 e. The first-order valence-corrected chi connectivity index (χ1v) is 8.88. The van der Waals surface area contributed by atoms with E-state index in [4.69, 9.17) is 27.7 Å². The number of piperidine rings is 1. The van der Waals surface area contributed by atoms with Crippen LogP contribution < -0.4 is 0 Å². The standard InChI is InChI=1S/C17H16Cl2N4O2/c18-11-1-2-13-12(8-11)15(19)16(21-13)17(24)23-5-3-10(4-6-23)7-14-20-9-25-22-14/h1-2,8-10,21H,3-7H2. The van der Waals surface area contributed by atoms with Gasteiger partial charge in [0.1, 0.15) is 5.69 Å². The van der Waals surface area contributed by atoms with Crippen molar-refractivity contribution in [3.05, 3.63) is 46.2 Å². The van der Waals surface area contributed by atoms with Crippen LogP contribution in [0.15, 0.2) is 29.1 Å². The second-order valence-corrected chi connectivity index (χ2v) is 7.11. The highest BCUT2D eigenvalue weighted by molar-refractivity contribution is 6.39. The Hall–Kier alpha value is -2.05. The van der Waals surface area contributed by atoms with E-state index in [2.05, 4.69) is 15.1 Å². The second kappa shape index (κ2) is 6.69. The average molecular weight is 379 g/mol. The third-order valence-corrected chi connectivity index (χ3v) is 5.32. The highest BCUT2D eigenvalue weighted by atomic mass is 35.5. The number of benzene rings is 1. The summed E-state index contributed by atoms with van der Waals surface area (Å²) in [5.41, 5.74) is 1.24. The number of H-pyrrole nitrogens is 1. The van der Waals surface area contributed by atoms with Crippen LogP contribution in [0.3, 0.4) is 0 Å². The maximum atomic E-state index is 12.8. The molecule has 0 spiro atoms. The number of fused-ring (bicyclic) bond motifs is 1. The maximum Gasteiger partial charge on any atom is 0.271 e. The zero-order valence-corrected chi connectivity index (χ0v) is 14.8. The van der Waals surface area contributed by atoms with Gasteiger partial charge in [-0.1, -0.05) is 28.4 Å². The molecule has 4 rings (SSSR count). The van der Waals surface area contributed by atoms with Crippen LogP contribution in [0, 0.1) is 5.92 Å². The molecule has 0 bridgehead atoms. The van der Waals surface area contributed by atoms with Crippen molar-refractivity contribution in [2.45, 2.75) is 19.3 Å². The van der Waals surface area contributed by atoms with Crippen molar-refractivity contribution in [3.8, 4) is 0 Å². The Morgan fingerprint density at radius 3 is 2.84 bits per heavy atom. The summed E-state index contributed by atoms with van der Waals surface area (Å²) in [6.45, 7) is 1.38. The summed E-state index contributed by atoms with van der Waals surface area (Å²) in [5, 5.41) is 5.64. The molecule has 1 amide bonds. The molecule has 1 aromatic carbocycles. The maximum absolute atomic E-state index is 12.8. The Balaban J connectivity index is 1.46. The largest absolute Gasteiger partial charge is 0.349 e. The van der Waals surface area contributed by atoms with E-state index in [1.807, 2.05) is 11.0 Å². The van der Waals surface area contributed by atoms with Crippen molar-refractivity contribution >= 4 is 40.0 Å².